The van der Waals surface area contributed by atoms with Gasteiger partial charge in [0, 0.05) is 0 Å². The topological polar surface area (TPSA) is 68.3 Å². The van der Waals surface area contributed by atoms with Crippen LogP contribution in [0, 0.1) is 19.8 Å². The van der Waals surface area contributed by atoms with Crippen LogP contribution >= 0.6 is 12.2 Å². The molecule has 1 aliphatic carbocycles. The summed E-state index contributed by atoms with van der Waals surface area (Å²) in [5, 5.41) is 2.88. The highest BCUT2D eigenvalue weighted by Gasteiger charge is 2.34. The van der Waals surface area contributed by atoms with Crippen molar-refractivity contribution in [1.82, 2.24) is 5.32 Å². The van der Waals surface area contributed by atoms with Gasteiger partial charge in [0.05, 0.1) is 16.6 Å². The number of aryl methyl sites for hydroxylation is 2. The van der Waals surface area contributed by atoms with Crippen molar-refractivity contribution in [2.45, 2.75) is 32.7 Å². The largest absolute Gasteiger partial charge is 0.466 e. The summed E-state index contributed by atoms with van der Waals surface area (Å²) in [6.07, 6.45) is 2.15. The maximum Gasteiger partial charge on any atom is 0.255 e. The number of furan rings is 1. The smallest absolute Gasteiger partial charge is 0.255 e. The normalized spacial score (nSPS) is 16.6. The Hall–Kier alpha value is -1.36. The molecule has 4 nitrogen and oxygen atoms in total. The Kier molecular flexibility index (Phi) is 3.19. The molecule has 3 N–H and O–H groups in total. The van der Waals surface area contributed by atoms with Crippen molar-refractivity contribution in [2.75, 3.05) is 0 Å². The van der Waals surface area contributed by atoms with Gasteiger partial charge in [0.15, 0.2) is 0 Å². The monoisotopic (exact) mass is 252 g/mol. The summed E-state index contributed by atoms with van der Waals surface area (Å²) in [6, 6.07) is 1.54. The van der Waals surface area contributed by atoms with E-state index in [1.165, 1.54) is 0 Å². The molecular formula is C12H16N2O2S. The van der Waals surface area contributed by atoms with Gasteiger partial charge >= 0.3 is 0 Å². The van der Waals surface area contributed by atoms with E-state index in [-0.39, 0.29) is 11.9 Å². The molecule has 17 heavy (non-hydrogen) atoms. The summed E-state index contributed by atoms with van der Waals surface area (Å²) in [5.41, 5.74) is 6.20. The first-order valence-corrected chi connectivity index (χ1v) is 6.07. The molecule has 1 unspecified atom stereocenters. The maximum atomic E-state index is 12.0. The van der Waals surface area contributed by atoms with Crippen molar-refractivity contribution in [3.63, 3.8) is 0 Å². The fraction of sp³-hybridized carbons (Fsp3) is 0.500. The number of rotatable bonds is 4. The van der Waals surface area contributed by atoms with Gasteiger partial charge in [0.1, 0.15) is 11.5 Å². The third-order valence-corrected chi connectivity index (χ3v) is 3.23. The van der Waals surface area contributed by atoms with Gasteiger partial charge in [-0.25, -0.2) is 0 Å². The van der Waals surface area contributed by atoms with Gasteiger partial charge in [0.2, 0.25) is 0 Å². The number of carbonyl (C=O) groups is 1. The molecule has 0 saturated heterocycles. The minimum Gasteiger partial charge on any atom is -0.466 e. The number of thiocarbonyl (C=S) groups is 1. The van der Waals surface area contributed by atoms with E-state index in [0.29, 0.717) is 22.2 Å². The lowest BCUT2D eigenvalue weighted by Gasteiger charge is -2.16. The first kappa shape index (κ1) is 12.1. The Labute approximate surface area is 106 Å². The zero-order valence-corrected chi connectivity index (χ0v) is 10.8. The molecule has 1 aromatic rings. The van der Waals surface area contributed by atoms with Crippen molar-refractivity contribution in [3.05, 3.63) is 23.2 Å². The minimum absolute atomic E-state index is 0.163. The van der Waals surface area contributed by atoms with Crippen LogP contribution in [-0.4, -0.2) is 16.9 Å². The van der Waals surface area contributed by atoms with Crippen LogP contribution < -0.4 is 11.1 Å². The molecule has 0 aromatic carbocycles. The fourth-order valence-electron chi connectivity index (χ4n) is 1.93. The summed E-state index contributed by atoms with van der Waals surface area (Å²) in [5.74, 6) is 1.59. The highest BCUT2D eigenvalue weighted by molar-refractivity contribution is 7.80. The lowest BCUT2D eigenvalue weighted by Crippen LogP contribution is -2.45. The summed E-state index contributed by atoms with van der Waals surface area (Å²) in [7, 11) is 0. The number of hydrogen-bond donors (Lipinski definition) is 2. The summed E-state index contributed by atoms with van der Waals surface area (Å²) in [4.78, 5) is 12.4. The molecule has 0 bridgehead atoms. The van der Waals surface area contributed by atoms with E-state index in [9.17, 15) is 4.79 Å². The van der Waals surface area contributed by atoms with E-state index in [0.717, 1.165) is 18.6 Å². The highest BCUT2D eigenvalue weighted by Crippen LogP contribution is 2.33. The molecule has 0 aliphatic heterocycles. The lowest BCUT2D eigenvalue weighted by molar-refractivity contribution is 0.0942. The first-order chi connectivity index (χ1) is 7.99. The Balaban J connectivity index is 2.10. The van der Waals surface area contributed by atoms with Crippen LogP contribution in [0.25, 0.3) is 0 Å². The molecule has 1 amide bonds. The van der Waals surface area contributed by atoms with Gasteiger partial charge in [-0.05, 0) is 38.7 Å². The summed E-state index contributed by atoms with van der Waals surface area (Å²) < 4.78 is 5.33. The van der Waals surface area contributed by atoms with E-state index in [1.54, 1.807) is 13.0 Å². The van der Waals surface area contributed by atoms with Crippen molar-refractivity contribution in [2.24, 2.45) is 11.7 Å². The Morgan fingerprint density at radius 2 is 2.24 bits per heavy atom. The Morgan fingerprint density at radius 3 is 2.65 bits per heavy atom. The average molecular weight is 252 g/mol. The molecule has 1 aliphatic rings. The SMILES string of the molecule is Cc1cc(C(=O)NC(C(N)=S)C2CC2)c(C)o1. The first-order valence-electron chi connectivity index (χ1n) is 5.66. The molecular weight excluding hydrogens is 236 g/mol. The van der Waals surface area contributed by atoms with Crippen LogP contribution in [0.3, 0.4) is 0 Å². The van der Waals surface area contributed by atoms with Gasteiger partial charge in [-0.3, -0.25) is 4.79 Å². The second-order valence-corrected chi connectivity index (χ2v) is 4.99. The molecule has 1 aromatic heterocycles. The second kappa shape index (κ2) is 4.49. The molecule has 2 rings (SSSR count). The molecule has 5 heteroatoms. The number of amides is 1. The summed E-state index contributed by atoms with van der Waals surface area (Å²) >= 11 is 4.98. The number of carbonyl (C=O) groups excluding carboxylic acids is 1. The molecule has 1 heterocycles. The Bertz CT molecular complexity index is 463. The highest BCUT2D eigenvalue weighted by atomic mass is 32.1. The predicted molar refractivity (Wildman–Crippen MR) is 68.9 cm³/mol. The van der Waals surface area contributed by atoms with Crippen LogP contribution in [0.2, 0.25) is 0 Å². The zero-order chi connectivity index (χ0) is 12.6. The Morgan fingerprint density at radius 1 is 1.59 bits per heavy atom. The van der Waals surface area contributed by atoms with Crippen LogP contribution in [0.1, 0.15) is 34.7 Å². The van der Waals surface area contributed by atoms with Gasteiger partial charge in [-0.1, -0.05) is 12.2 Å². The van der Waals surface area contributed by atoms with Crippen molar-refractivity contribution in [3.8, 4) is 0 Å². The maximum absolute atomic E-state index is 12.0. The van der Waals surface area contributed by atoms with Crippen molar-refractivity contribution in [1.29, 1.82) is 0 Å². The average Bonchev–Trinajstić information content (AvgIpc) is 3.00. The van der Waals surface area contributed by atoms with E-state index in [1.807, 2.05) is 6.92 Å². The number of nitrogens with one attached hydrogen (secondary N) is 1. The minimum atomic E-state index is -0.188. The van der Waals surface area contributed by atoms with E-state index in [2.05, 4.69) is 5.32 Å². The lowest BCUT2D eigenvalue weighted by atomic mass is 10.1. The van der Waals surface area contributed by atoms with Crippen LogP contribution in [0.4, 0.5) is 0 Å². The summed E-state index contributed by atoms with van der Waals surface area (Å²) in [6.45, 7) is 3.59. The second-order valence-electron chi connectivity index (χ2n) is 4.52. The fourth-order valence-corrected chi connectivity index (χ4v) is 2.18. The molecule has 0 radical (unpaired) electrons. The van der Waals surface area contributed by atoms with Gasteiger partial charge in [-0.15, -0.1) is 0 Å². The van der Waals surface area contributed by atoms with E-state index >= 15 is 0 Å². The third-order valence-electron chi connectivity index (χ3n) is 2.97. The number of hydrogen-bond acceptors (Lipinski definition) is 3. The quantitative estimate of drug-likeness (QED) is 0.800. The van der Waals surface area contributed by atoms with Crippen LogP contribution in [-0.2, 0) is 0 Å². The van der Waals surface area contributed by atoms with Crippen molar-refractivity contribution >= 4 is 23.1 Å². The molecule has 1 fully saturated rings. The van der Waals surface area contributed by atoms with Gasteiger partial charge < -0.3 is 15.5 Å². The molecule has 1 saturated carbocycles. The molecule has 92 valence electrons. The zero-order valence-electron chi connectivity index (χ0n) is 9.95. The molecule has 1 atom stereocenters. The van der Waals surface area contributed by atoms with Gasteiger partial charge in [-0.2, -0.15) is 0 Å². The standard InChI is InChI=1S/C12H16N2O2S/c1-6-5-9(7(2)16-6)12(15)14-10(11(13)17)8-3-4-8/h5,8,10H,3-4H2,1-2H3,(H2,13,17)(H,14,15). The number of nitrogens with two attached hydrogens (primary N) is 1. The van der Waals surface area contributed by atoms with E-state index < -0.39 is 0 Å². The van der Waals surface area contributed by atoms with Crippen molar-refractivity contribution < 1.29 is 9.21 Å². The van der Waals surface area contributed by atoms with Crippen LogP contribution in [0.15, 0.2) is 10.5 Å². The van der Waals surface area contributed by atoms with Crippen LogP contribution in [0.5, 0.6) is 0 Å². The van der Waals surface area contributed by atoms with Gasteiger partial charge in [0.25, 0.3) is 5.91 Å². The third kappa shape index (κ3) is 2.66. The molecule has 0 spiro atoms. The predicted octanol–water partition coefficient (Wildman–Crippen LogP) is 1.69. The van der Waals surface area contributed by atoms with E-state index in [4.69, 9.17) is 22.4 Å².